The van der Waals surface area contributed by atoms with E-state index in [2.05, 4.69) is 57.0 Å². The van der Waals surface area contributed by atoms with Crippen LogP contribution in [0.4, 0.5) is 4.79 Å². The molecule has 1 fully saturated rings. The second-order valence-corrected chi connectivity index (χ2v) is 12.4. The summed E-state index contributed by atoms with van der Waals surface area (Å²) in [4.78, 5) is 75.5. The topological polar surface area (TPSA) is 187 Å². The number of alkyl carbamates (subject to hydrolysis) is 1. The van der Waals surface area contributed by atoms with Crippen LogP contribution < -0.4 is 27.2 Å². The fraction of sp³-hybridized carbons (Fsp3) is 0.421. The molecule has 1 saturated heterocycles. The van der Waals surface area contributed by atoms with Gasteiger partial charge in [0.25, 0.3) is 5.56 Å². The van der Waals surface area contributed by atoms with Crippen molar-refractivity contribution in [1.82, 2.24) is 25.5 Å². The van der Waals surface area contributed by atoms with E-state index in [1.165, 1.54) is 13.2 Å². The van der Waals surface area contributed by atoms with Gasteiger partial charge in [-0.1, -0.05) is 66.8 Å². The first kappa shape index (κ1) is 36.1. The molecular formula is C38H43N5O9. The molecule has 0 spiro atoms. The van der Waals surface area contributed by atoms with Gasteiger partial charge in [0, 0.05) is 46.3 Å². The van der Waals surface area contributed by atoms with Gasteiger partial charge < -0.3 is 30.2 Å². The van der Waals surface area contributed by atoms with Gasteiger partial charge in [0.05, 0.1) is 19.1 Å². The molecule has 1 aliphatic carbocycles. The third kappa shape index (κ3) is 9.76. The fourth-order valence-electron chi connectivity index (χ4n) is 6.15. The van der Waals surface area contributed by atoms with Crippen LogP contribution in [0.25, 0.3) is 11.1 Å². The zero-order chi connectivity index (χ0) is 37.7. The van der Waals surface area contributed by atoms with Gasteiger partial charge in [0.1, 0.15) is 24.5 Å². The van der Waals surface area contributed by atoms with Crippen molar-refractivity contribution < 1.29 is 34.8 Å². The van der Waals surface area contributed by atoms with Crippen molar-refractivity contribution in [2.45, 2.75) is 76.2 Å². The van der Waals surface area contributed by atoms with Gasteiger partial charge in [-0.05, 0) is 42.0 Å². The van der Waals surface area contributed by atoms with Crippen molar-refractivity contribution in [3.63, 3.8) is 0 Å². The summed E-state index contributed by atoms with van der Waals surface area (Å²) in [6, 6.07) is 16.3. The molecule has 0 saturated carbocycles. The van der Waals surface area contributed by atoms with Crippen LogP contribution in [0, 0.1) is 11.8 Å². The molecule has 2 heterocycles. The summed E-state index contributed by atoms with van der Waals surface area (Å²) < 4.78 is 25.6. The lowest BCUT2D eigenvalue weighted by Gasteiger charge is -2.14. The number of H-pyrrole nitrogens is 1. The molecule has 1 aromatic heterocycles. The molecule has 5 rings (SSSR count). The molecule has 0 bridgehead atoms. The van der Waals surface area contributed by atoms with Crippen molar-refractivity contribution >= 4 is 23.9 Å². The largest absolute Gasteiger partial charge is 0.459 e. The predicted octanol–water partition coefficient (Wildman–Crippen LogP) is 2.85. The lowest BCUT2D eigenvalue weighted by molar-refractivity contribution is -0.152. The number of aromatic nitrogens is 2. The smallest absolute Gasteiger partial charge is 0.407 e. The number of carbonyl (C=O) groups excluding carboxylic acids is 4. The van der Waals surface area contributed by atoms with Crippen LogP contribution in [0.3, 0.4) is 0 Å². The molecule has 2 aromatic carbocycles. The Morgan fingerprint density at radius 1 is 0.962 bits per heavy atom. The molecule has 3 amide bonds. The van der Waals surface area contributed by atoms with E-state index in [9.17, 15) is 28.8 Å². The predicted molar refractivity (Wildman–Crippen MR) is 190 cm³/mol. The normalized spacial score (nSPS) is 17.5. The minimum atomic E-state index is -0.930. The van der Waals surface area contributed by atoms with Crippen LogP contribution in [0.5, 0.6) is 0 Å². The van der Waals surface area contributed by atoms with Gasteiger partial charge in [-0.15, -0.1) is 0 Å². The average molecular weight is 715 g/mol. The highest BCUT2D eigenvalue weighted by atomic mass is 16.6. The third-order valence-corrected chi connectivity index (χ3v) is 8.87. The first-order valence-electron chi connectivity index (χ1n) is 17.9. The molecule has 3 unspecified atom stereocenters. The second-order valence-electron chi connectivity index (χ2n) is 12.4. The Kier molecular flexibility index (Phi) is 12.5. The molecule has 3 atom stereocenters. The summed E-state index contributed by atoms with van der Waals surface area (Å²) >= 11 is 0. The van der Waals surface area contributed by atoms with Gasteiger partial charge in [-0.2, -0.15) is 0 Å². The molecule has 14 heteroatoms. The molecule has 0 radical (unpaired) electrons. The summed E-state index contributed by atoms with van der Waals surface area (Å²) in [6.45, 7) is 0.384. The summed E-state index contributed by atoms with van der Waals surface area (Å²) in [5, 5.41) is 7.87. The number of fused-ring (bicyclic) bond motifs is 3. The molecule has 14 nitrogen and oxygen atoms in total. The maximum atomic E-state index is 12.6. The zero-order valence-electron chi connectivity index (χ0n) is 29.9. The number of ether oxygens (including phenoxy) is 3. The summed E-state index contributed by atoms with van der Waals surface area (Å²) in [6.07, 6.45) is 0.266. The first-order valence-corrected chi connectivity index (χ1v) is 17.2. The van der Waals surface area contributed by atoms with E-state index in [0.717, 1.165) is 26.8 Å². The molecule has 1 aliphatic heterocycles. The van der Waals surface area contributed by atoms with Gasteiger partial charge in [0.2, 0.25) is 11.8 Å². The second kappa shape index (κ2) is 18.0. The van der Waals surface area contributed by atoms with E-state index in [1.54, 1.807) is 0 Å². The summed E-state index contributed by atoms with van der Waals surface area (Å²) in [5.74, 6) is 4.18. The quantitative estimate of drug-likeness (QED) is 0.111. The van der Waals surface area contributed by atoms with Crippen molar-refractivity contribution in [2.75, 3.05) is 26.7 Å². The van der Waals surface area contributed by atoms with Gasteiger partial charge in [-0.25, -0.2) is 9.59 Å². The highest BCUT2D eigenvalue weighted by Gasteiger charge is 2.37. The molecule has 4 N–H and O–H groups in total. The number of hydrogen-bond acceptors (Lipinski definition) is 9. The van der Waals surface area contributed by atoms with Gasteiger partial charge >= 0.3 is 17.8 Å². The SMILES string of the molecule is [2H]CC1OC(n2cc(C#CCNC(=O)CCCCCNC(=O)OCC3c4ccccc4-c4ccccc43)c(=O)[nH]c2=O)CC1OC(=O)CCC(=O)NC. The van der Waals surface area contributed by atoms with Gasteiger partial charge in [0.15, 0.2) is 0 Å². The maximum Gasteiger partial charge on any atom is 0.407 e. The standard InChI is InChI=1S/C38H43N5O9/c1-24-31(52-35(46)18-17-32(44)39-2)21-34(51-24)43-22-25(36(47)42-37(43)48)11-10-20-40-33(45)16-4-3-9-19-41-38(49)50-23-30-28-14-7-5-12-26(28)27-13-6-8-15-29(27)30/h5-8,12-15,22,24,30-31,34H,3-4,9,16-21,23H2,1-2H3,(H,39,44)(H,40,45)(H,41,49)(H,42,47,48)/i1D. The Morgan fingerprint density at radius 3 is 2.40 bits per heavy atom. The molecule has 2 aliphatic rings. The van der Waals surface area contributed by atoms with Crippen LogP contribution in [0.1, 0.15) is 82.1 Å². The monoisotopic (exact) mass is 714 g/mol. The number of unbranched alkanes of at least 4 members (excludes halogenated alkanes) is 2. The molecule has 274 valence electrons. The number of carbonyl (C=O) groups is 4. The summed E-state index contributed by atoms with van der Waals surface area (Å²) in [7, 11) is 1.46. The number of hydrogen-bond donors (Lipinski definition) is 4. The Morgan fingerprint density at radius 2 is 1.69 bits per heavy atom. The Hall–Kier alpha value is -5.68. The molecule has 52 heavy (non-hydrogen) atoms. The van der Waals surface area contributed by atoms with Crippen molar-refractivity contribution in [3.05, 3.63) is 92.3 Å². The van der Waals surface area contributed by atoms with Crippen LogP contribution in [0.2, 0.25) is 0 Å². The lowest BCUT2D eigenvalue weighted by atomic mass is 9.98. The number of esters is 1. The number of nitrogens with zero attached hydrogens (tertiary/aromatic N) is 1. The van der Waals surface area contributed by atoms with E-state index in [4.69, 9.17) is 15.6 Å². The first-order chi connectivity index (χ1) is 25.7. The maximum absolute atomic E-state index is 12.6. The summed E-state index contributed by atoms with van der Waals surface area (Å²) in [5.41, 5.74) is 3.10. The van der Waals surface area contributed by atoms with Crippen molar-refractivity contribution in [3.8, 4) is 23.0 Å². The highest BCUT2D eigenvalue weighted by molar-refractivity contribution is 5.81. The molecular weight excluding hydrogens is 670 g/mol. The lowest BCUT2D eigenvalue weighted by Crippen LogP contribution is -2.33. The number of rotatable bonds is 14. The number of nitrogens with one attached hydrogen (secondary N) is 4. The zero-order valence-corrected chi connectivity index (χ0v) is 28.9. The minimum absolute atomic E-state index is 0.0111. The van der Waals surface area contributed by atoms with E-state index < -0.39 is 41.7 Å². The number of benzene rings is 2. The minimum Gasteiger partial charge on any atom is -0.459 e. The van der Waals surface area contributed by atoms with Crippen LogP contribution in [-0.4, -0.2) is 72.4 Å². The van der Waals surface area contributed by atoms with Crippen LogP contribution in [-0.2, 0) is 28.6 Å². The fourth-order valence-corrected chi connectivity index (χ4v) is 6.15. The Bertz CT molecular complexity index is 1940. The van der Waals surface area contributed by atoms with Crippen LogP contribution in [0.15, 0.2) is 64.3 Å². The Labute approximate surface area is 302 Å². The van der Waals surface area contributed by atoms with Gasteiger partial charge in [-0.3, -0.25) is 28.7 Å². The van der Waals surface area contributed by atoms with Crippen molar-refractivity contribution in [2.24, 2.45) is 0 Å². The van der Waals surface area contributed by atoms with E-state index in [0.29, 0.717) is 25.8 Å². The Balaban J connectivity index is 0.992. The van der Waals surface area contributed by atoms with E-state index in [-0.39, 0.29) is 69.0 Å². The average Bonchev–Trinajstić information content (AvgIpc) is 3.71. The van der Waals surface area contributed by atoms with E-state index >= 15 is 0 Å². The highest BCUT2D eigenvalue weighted by Crippen LogP contribution is 2.44. The molecule has 3 aromatic rings. The number of aromatic amines is 1. The van der Waals surface area contributed by atoms with E-state index in [1.807, 2.05) is 24.3 Å². The number of amides is 3. The van der Waals surface area contributed by atoms with Crippen molar-refractivity contribution in [1.29, 1.82) is 0 Å². The third-order valence-electron chi connectivity index (χ3n) is 8.87. The van der Waals surface area contributed by atoms with Crippen LogP contribution >= 0.6 is 0 Å².